The molecule has 0 aromatic carbocycles. The molecule has 10 N–H and O–H groups in total. The molecular weight excluding hydrogens is 478 g/mol. The average molecular weight is 512 g/mol. The molecule has 3 atom stereocenters. The number of nitrogens with one attached hydrogen (secondary N) is 4. The molecule has 4 rings (SSSR count). The second-order valence-electron chi connectivity index (χ2n) is 9.49. The number of hydrogen-bond acceptors (Lipinski definition) is 11. The number of hydrogen-bond donors (Lipinski definition) is 7. The van der Waals surface area contributed by atoms with Gasteiger partial charge in [-0.05, 0) is 25.7 Å². The number of piperidine rings is 1. The Balaban J connectivity index is 1.34. The third-order valence-electron chi connectivity index (χ3n) is 7.25. The third kappa shape index (κ3) is 5.58. The van der Waals surface area contributed by atoms with Crippen molar-refractivity contribution in [3.8, 4) is 0 Å². The maximum Gasteiger partial charge on any atom is 0.249 e. The first-order chi connectivity index (χ1) is 16.9. The Labute approximate surface area is 208 Å². The number of hydrazine groups is 1. The van der Waals surface area contributed by atoms with Crippen LogP contribution in [0.3, 0.4) is 0 Å². The zero-order valence-electron chi connectivity index (χ0n) is 19.5. The number of carbonyl (C=O) groups excluding carboxylic acids is 2. The van der Waals surface area contributed by atoms with Gasteiger partial charge in [-0.3, -0.25) is 20.7 Å². The average Bonchev–Trinajstić information content (AvgIpc) is 3.15. The summed E-state index contributed by atoms with van der Waals surface area (Å²) in [7, 11) is 0. The monoisotopic (exact) mass is 511 g/mol. The highest BCUT2D eigenvalue weighted by Gasteiger charge is 2.47. The first kappa shape index (κ1) is 25.3. The molecule has 0 bridgehead atoms. The SMILES string of the molecule is NN=NC1=C(Cl)NC(C(=O)NC2NC3(CCN(C(=O)C4CCCCC4)CC3)CN2N)C(N=NN)N1. The number of nitrogens with zero attached hydrogens (tertiary/aromatic N) is 6. The number of nitrogens with two attached hydrogens (primary N) is 3. The van der Waals surface area contributed by atoms with E-state index in [4.69, 9.17) is 29.1 Å². The van der Waals surface area contributed by atoms with Crippen molar-refractivity contribution in [2.75, 3.05) is 19.6 Å². The molecule has 2 amide bonds. The fraction of sp³-hybridized carbons (Fsp3) is 0.789. The number of carbonyl (C=O) groups is 2. The van der Waals surface area contributed by atoms with E-state index in [0.29, 0.717) is 19.6 Å². The highest BCUT2D eigenvalue weighted by atomic mass is 35.5. The minimum Gasteiger partial charge on any atom is -0.358 e. The van der Waals surface area contributed by atoms with Crippen LogP contribution in [0.2, 0.25) is 0 Å². The molecule has 1 aliphatic carbocycles. The van der Waals surface area contributed by atoms with Crippen molar-refractivity contribution in [2.45, 2.75) is 69.0 Å². The molecule has 15 nitrogen and oxygen atoms in total. The molecular formula is C19H34ClN13O2. The highest BCUT2D eigenvalue weighted by molar-refractivity contribution is 6.29. The van der Waals surface area contributed by atoms with E-state index >= 15 is 0 Å². The molecule has 0 aromatic rings. The van der Waals surface area contributed by atoms with E-state index < -0.39 is 24.4 Å². The van der Waals surface area contributed by atoms with Crippen molar-refractivity contribution < 1.29 is 9.59 Å². The van der Waals surface area contributed by atoms with Gasteiger partial charge in [0.15, 0.2) is 12.0 Å². The summed E-state index contributed by atoms with van der Waals surface area (Å²) in [5.41, 5.74) is -0.295. The Hall–Kier alpha value is -2.75. The number of halogens is 1. The van der Waals surface area contributed by atoms with Crippen molar-refractivity contribution in [2.24, 2.45) is 44.1 Å². The van der Waals surface area contributed by atoms with E-state index in [1.807, 2.05) is 4.90 Å². The zero-order chi connectivity index (χ0) is 25.0. The molecule has 194 valence electrons. The van der Waals surface area contributed by atoms with E-state index in [1.54, 1.807) is 5.01 Å². The van der Waals surface area contributed by atoms with Gasteiger partial charge < -0.3 is 32.5 Å². The molecule has 16 heteroatoms. The molecule has 2 saturated heterocycles. The van der Waals surface area contributed by atoms with Crippen molar-refractivity contribution in [1.29, 1.82) is 0 Å². The van der Waals surface area contributed by atoms with Crippen LogP contribution in [0.25, 0.3) is 0 Å². The van der Waals surface area contributed by atoms with Crippen LogP contribution >= 0.6 is 11.6 Å². The topological polar surface area (TPSA) is 216 Å². The van der Waals surface area contributed by atoms with Crippen LogP contribution in [-0.4, -0.2) is 65.4 Å². The van der Waals surface area contributed by atoms with Crippen molar-refractivity contribution in [3.05, 3.63) is 11.0 Å². The fourth-order valence-corrected chi connectivity index (χ4v) is 5.56. The number of amides is 2. The Kier molecular flexibility index (Phi) is 7.88. The van der Waals surface area contributed by atoms with E-state index in [9.17, 15) is 9.59 Å². The first-order valence-electron chi connectivity index (χ1n) is 11.9. The van der Waals surface area contributed by atoms with Crippen LogP contribution in [0.15, 0.2) is 31.7 Å². The summed E-state index contributed by atoms with van der Waals surface area (Å²) in [6, 6.07) is -0.951. The number of rotatable bonds is 5. The molecule has 1 saturated carbocycles. The van der Waals surface area contributed by atoms with Crippen LogP contribution < -0.4 is 38.8 Å². The van der Waals surface area contributed by atoms with Crippen LogP contribution in [-0.2, 0) is 9.59 Å². The quantitative estimate of drug-likeness (QED) is 0.104. The Morgan fingerprint density at radius 3 is 2.46 bits per heavy atom. The second-order valence-corrected chi connectivity index (χ2v) is 9.87. The van der Waals surface area contributed by atoms with Gasteiger partial charge >= 0.3 is 0 Å². The van der Waals surface area contributed by atoms with Gasteiger partial charge in [0.25, 0.3) is 0 Å². The van der Waals surface area contributed by atoms with Crippen LogP contribution in [0, 0.1) is 5.92 Å². The van der Waals surface area contributed by atoms with E-state index in [2.05, 4.69) is 41.9 Å². The van der Waals surface area contributed by atoms with E-state index in [-0.39, 0.29) is 28.3 Å². The Bertz CT molecular complexity index is 882. The Morgan fingerprint density at radius 2 is 1.80 bits per heavy atom. The van der Waals surface area contributed by atoms with Gasteiger partial charge in [-0.25, -0.2) is 5.01 Å². The first-order valence-corrected chi connectivity index (χ1v) is 12.3. The summed E-state index contributed by atoms with van der Waals surface area (Å²) in [6.45, 7) is 1.87. The van der Waals surface area contributed by atoms with E-state index in [0.717, 1.165) is 38.5 Å². The van der Waals surface area contributed by atoms with Gasteiger partial charge in [0, 0.05) is 31.1 Å². The van der Waals surface area contributed by atoms with Crippen LogP contribution in [0.5, 0.6) is 0 Å². The summed E-state index contributed by atoms with van der Waals surface area (Å²) in [4.78, 5) is 28.0. The van der Waals surface area contributed by atoms with Gasteiger partial charge in [-0.15, -0.1) is 10.2 Å². The number of likely N-dealkylation sites (tertiary alicyclic amines) is 1. The van der Waals surface area contributed by atoms with Gasteiger partial charge in [-0.1, -0.05) is 41.3 Å². The standard InChI is InChI=1S/C19H34ClN13O2/c20-13-15(29-31-22)25-14(28-30-21)12(24-13)16(34)26-18-27-19(10-33(18)23)6-8-32(9-7-19)17(35)11-4-2-1-3-5-11/h11-12,14,18,24-25,27H,1-10,23H2,(H2,21,28)(H2,22,29)(H,26,34). The minimum atomic E-state index is -0.951. The molecule has 3 unspecified atom stereocenters. The lowest BCUT2D eigenvalue weighted by molar-refractivity contribution is -0.138. The van der Waals surface area contributed by atoms with Crippen molar-refractivity contribution in [1.82, 2.24) is 31.2 Å². The molecule has 3 aliphatic heterocycles. The summed E-state index contributed by atoms with van der Waals surface area (Å²) in [5.74, 6) is 16.6. The minimum absolute atomic E-state index is 0.0401. The van der Waals surface area contributed by atoms with Gasteiger partial charge in [0.1, 0.15) is 17.5 Å². The Morgan fingerprint density at radius 1 is 1.09 bits per heavy atom. The third-order valence-corrected chi connectivity index (χ3v) is 7.54. The second kappa shape index (κ2) is 10.9. The maximum absolute atomic E-state index is 13.1. The fourth-order valence-electron chi connectivity index (χ4n) is 5.35. The van der Waals surface area contributed by atoms with Crippen LogP contribution in [0.1, 0.15) is 44.9 Å². The molecule has 3 heterocycles. The van der Waals surface area contributed by atoms with Gasteiger partial charge in [0.05, 0.1) is 0 Å². The summed E-state index contributed by atoms with van der Waals surface area (Å²) in [6.07, 6.45) is 5.46. The molecule has 3 fully saturated rings. The summed E-state index contributed by atoms with van der Waals surface area (Å²) >= 11 is 6.15. The summed E-state index contributed by atoms with van der Waals surface area (Å²) in [5, 5.41) is 27.5. The molecule has 0 radical (unpaired) electrons. The lowest BCUT2D eigenvalue weighted by Gasteiger charge is -2.40. The largest absolute Gasteiger partial charge is 0.358 e. The van der Waals surface area contributed by atoms with E-state index in [1.165, 1.54) is 6.42 Å². The molecule has 0 aromatic heterocycles. The summed E-state index contributed by atoms with van der Waals surface area (Å²) < 4.78 is 0. The predicted octanol–water partition coefficient (Wildman–Crippen LogP) is -0.989. The lowest BCUT2D eigenvalue weighted by atomic mass is 9.85. The van der Waals surface area contributed by atoms with Crippen molar-refractivity contribution in [3.63, 3.8) is 0 Å². The smallest absolute Gasteiger partial charge is 0.249 e. The normalized spacial score (nSPS) is 30.1. The predicted molar refractivity (Wildman–Crippen MR) is 126 cm³/mol. The zero-order valence-corrected chi connectivity index (χ0v) is 20.2. The van der Waals surface area contributed by atoms with Gasteiger partial charge in [0.2, 0.25) is 11.8 Å². The lowest BCUT2D eigenvalue weighted by Crippen LogP contribution is -2.63. The maximum atomic E-state index is 13.1. The van der Waals surface area contributed by atoms with Crippen LogP contribution in [0.4, 0.5) is 0 Å². The molecule has 4 aliphatic rings. The highest BCUT2D eigenvalue weighted by Crippen LogP contribution is 2.31. The molecule has 35 heavy (non-hydrogen) atoms. The molecule has 1 spiro atoms. The van der Waals surface area contributed by atoms with Gasteiger partial charge in [-0.2, -0.15) is 0 Å². The van der Waals surface area contributed by atoms with Crippen molar-refractivity contribution >= 4 is 23.4 Å².